The van der Waals surface area contributed by atoms with Crippen LogP contribution in [0.1, 0.15) is 11.1 Å². The number of rotatable bonds is 3. The predicted molar refractivity (Wildman–Crippen MR) is 131 cm³/mol. The van der Waals surface area contributed by atoms with Gasteiger partial charge in [0.1, 0.15) is 22.8 Å². The van der Waals surface area contributed by atoms with Gasteiger partial charge in [-0.3, -0.25) is 19.3 Å². The number of aliphatic hydroxyl groups is 4. The standard InChI is InChI=1S/C27H25N2O8/c1-29(2)19-18-21(31)14-10-12-8-9-13(11-6-4-3-5-7-11)20(30)15(12)22(32)16(14)24(34)27(18,37)25(35)17(23(19)33)26(28)36/h3-10,14,18-19,21,30-32,35,37H,1-2H3,(H2,28,36)/t14-,18-,19+,21+,27+/m0/s1. The molecule has 0 aliphatic heterocycles. The van der Waals surface area contributed by atoms with Gasteiger partial charge in [0.15, 0.2) is 11.4 Å². The minimum Gasteiger partial charge on any atom is -0.508 e. The number of phenols is 1. The number of nitrogens with zero attached hydrogens (tertiary/aromatic N) is 1. The molecule has 10 nitrogen and oxygen atoms in total. The van der Waals surface area contributed by atoms with Gasteiger partial charge in [-0.05, 0) is 25.2 Å². The van der Waals surface area contributed by atoms with Crippen molar-refractivity contribution < 1.29 is 39.9 Å². The Balaban J connectivity index is 1.75. The van der Waals surface area contributed by atoms with Crippen LogP contribution in [0.3, 0.4) is 0 Å². The lowest BCUT2D eigenvalue weighted by molar-refractivity contribution is -0.167. The highest BCUT2D eigenvalue weighted by Crippen LogP contribution is 2.54. The molecule has 0 spiro atoms. The van der Waals surface area contributed by atoms with Gasteiger partial charge in [-0.25, -0.2) is 0 Å². The number of amides is 1. The summed E-state index contributed by atoms with van der Waals surface area (Å²) in [5.74, 6) is -8.60. The van der Waals surface area contributed by atoms with Crippen LogP contribution in [0.2, 0.25) is 0 Å². The van der Waals surface area contributed by atoms with Gasteiger partial charge in [-0.2, -0.15) is 0 Å². The Labute approximate surface area is 211 Å². The van der Waals surface area contributed by atoms with E-state index < -0.39 is 69.7 Å². The van der Waals surface area contributed by atoms with Gasteiger partial charge >= 0.3 is 0 Å². The number of fused-ring (bicyclic) bond motifs is 3. The minimum absolute atomic E-state index is 0.0927. The molecule has 0 heterocycles. The van der Waals surface area contributed by atoms with Crippen LogP contribution in [0.25, 0.3) is 16.9 Å². The molecule has 0 unspecified atom stereocenters. The Morgan fingerprint density at radius 1 is 1.03 bits per heavy atom. The topological polar surface area (TPSA) is 182 Å². The van der Waals surface area contributed by atoms with Crippen molar-refractivity contribution in [3.63, 3.8) is 0 Å². The van der Waals surface area contributed by atoms with Crippen molar-refractivity contribution in [2.45, 2.75) is 17.7 Å². The third kappa shape index (κ3) is 3.19. The number of Topliss-reactive ketones (excluding diaryl/α,β-unsaturated/α-hetero) is 2. The van der Waals surface area contributed by atoms with Crippen LogP contribution in [0.15, 0.2) is 59.4 Å². The highest BCUT2D eigenvalue weighted by molar-refractivity contribution is 6.24. The smallest absolute Gasteiger partial charge is 0.255 e. The summed E-state index contributed by atoms with van der Waals surface area (Å²) in [6, 6.07) is 10.7. The summed E-state index contributed by atoms with van der Waals surface area (Å²) in [7, 11) is 2.90. The van der Waals surface area contributed by atoms with E-state index in [1.54, 1.807) is 42.5 Å². The third-order valence-corrected chi connectivity index (χ3v) is 7.54. The van der Waals surface area contributed by atoms with E-state index >= 15 is 0 Å². The molecule has 1 fully saturated rings. The molecular weight excluding hydrogens is 480 g/mol. The van der Waals surface area contributed by atoms with Crippen LogP contribution in [-0.4, -0.2) is 79.7 Å². The van der Waals surface area contributed by atoms with Crippen LogP contribution in [0.5, 0.6) is 5.75 Å². The molecule has 1 saturated carbocycles. The number of ketones is 2. The molecule has 191 valence electrons. The van der Waals surface area contributed by atoms with E-state index in [1.165, 1.54) is 25.4 Å². The number of hydrogen-bond donors (Lipinski definition) is 6. The number of carbonyl (C=O) groups excluding carboxylic acids is 3. The third-order valence-electron chi connectivity index (χ3n) is 7.54. The van der Waals surface area contributed by atoms with Crippen LogP contribution >= 0.6 is 0 Å². The maximum atomic E-state index is 13.8. The van der Waals surface area contributed by atoms with Crippen molar-refractivity contribution in [1.82, 2.24) is 4.90 Å². The Hall–Kier alpha value is -3.99. The van der Waals surface area contributed by atoms with Crippen molar-refractivity contribution in [2.75, 3.05) is 14.1 Å². The monoisotopic (exact) mass is 505 g/mol. The predicted octanol–water partition coefficient (Wildman–Crippen LogP) is 0.612. The van der Waals surface area contributed by atoms with Crippen molar-refractivity contribution >= 4 is 23.2 Å². The molecule has 0 aromatic heterocycles. The van der Waals surface area contributed by atoms with Crippen molar-refractivity contribution in [2.24, 2.45) is 17.6 Å². The van der Waals surface area contributed by atoms with Crippen molar-refractivity contribution in [3.05, 3.63) is 76.9 Å². The second-order valence-corrected chi connectivity index (χ2v) is 9.72. The zero-order valence-electron chi connectivity index (χ0n) is 19.9. The fourth-order valence-corrected chi connectivity index (χ4v) is 5.86. The van der Waals surface area contributed by atoms with Crippen LogP contribution in [-0.2, 0) is 14.4 Å². The highest BCUT2D eigenvalue weighted by Gasteiger charge is 2.67. The largest absolute Gasteiger partial charge is 0.508 e. The Kier molecular flexibility index (Phi) is 5.52. The van der Waals surface area contributed by atoms with Gasteiger partial charge < -0.3 is 31.3 Å². The molecule has 3 aliphatic carbocycles. The first-order chi connectivity index (χ1) is 17.4. The molecule has 5 atom stereocenters. The van der Waals surface area contributed by atoms with E-state index in [9.17, 15) is 39.9 Å². The first kappa shape index (κ1) is 24.7. The molecule has 1 amide bonds. The van der Waals surface area contributed by atoms with Gasteiger partial charge in [0.25, 0.3) is 5.91 Å². The molecule has 2 aromatic rings. The molecule has 3 aliphatic rings. The molecule has 0 saturated heterocycles. The van der Waals surface area contributed by atoms with Gasteiger partial charge in [-0.15, -0.1) is 0 Å². The first-order valence-electron chi connectivity index (χ1n) is 11.5. The summed E-state index contributed by atoms with van der Waals surface area (Å²) in [6.45, 7) is 0. The van der Waals surface area contributed by atoms with Gasteiger partial charge in [0.05, 0.1) is 23.6 Å². The van der Waals surface area contributed by atoms with Crippen LogP contribution in [0.4, 0.5) is 0 Å². The number of hydrogen-bond acceptors (Lipinski definition) is 9. The van der Waals surface area contributed by atoms with Gasteiger partial charge in [-0.1, -0.05) is 42.5 Å². The van der Waals surface area contributed by atoms with E-state index in [2.05, 4.69) is 0 Å². The SMILES string of the molecule is CN(C)[C@H]1C(=O)C(C(N)=O)=C(O)[C@]2(O)C(=O)C3=C(O)c4c(ccc(-c5ccccc5)c4O)[CH][C@@H]3[C@@H](O)[C@H]12. The van der Waals surface area contributed by atoms with E-state index in [4.69, 9.17) is 5.73 Å². The number of phenolic OH excluding ortho intramolecular Hbond substituents is 1. The summed E-state index contributed by atoms with van der Waals surface area (Å²) in [5, 5.41) is 56.3. The molecule has 1 radical (unpaired) electrons. The van der Waals surface area contributed by atoms with Crippen LogP contribution < -0.4 is 5.73 Å². The fourth-order valence-electron chi connectivity index (χ4n) is 5.86. The average molecular weight is 506 g/mol. The normalized spacial score (nSPS) is 29.2. The lowest BCUT2D eigenvalue weighted by atomic mass is 9.56. The number of nitrogens with two attached hydrogens (primary N) is 1. The van der Waals surface area contributed by atoms with Crippen LogP contribution in [0, 0.1) is 18.3 Å². The maximum absolute atomic E-state index is 13.8. The average Bonchev–Trinajstić information content (AvgIpc) is 2.84. The van der Waals surface area contributed by atoms with E-state index in [1.807, 2.05) is 0 Å². The molecule has 5 rings (SSSR count). The number of primary amides is 1. The fraction of sp³-hybridized carbons (Fsp3) is 0.259. The summed E-state index contributed by atoms with van der Waals surface area (Å²) >= 11 is 0. The quantitative estimate of drug-likeness (QED) is 0.326. The minimum atomic E-state index is -2.94. The summed E-state index contributed by atoms with van der Waals surface area (Å²) in [6.07, 6.45) is -0.195. The molecular formula is C27H25N2O8. The molecule has 2 aromatic carbocycles. The number of carbonyl (C=O) groups is 3. The Morgan fingerprint density at radius 2 is 1.68 bits per heavy atom. The Morgan fingerprint density at radius 3 is 2.27 bits per heavy atom. The van der Waals surface area contributed by atoms with Crippen molar-refractivity contribution in [3.8, 4) is 16.9 Å². The van der Waals surface area contributed by atoms with Gasteiger partial charge in [0.2, 0.25) is 5.78 Å². The number of aromatic hydroxyl groups is 1. The zero-order chi connectivity index (χ0) is 27.0. The second kappa shape index (κ2) is 8.27. The number of likely N-dealkylation sites (N-methyl/N-ethyl adjacent to an activating group) is 1. The van der Waals surface area contributed by atoms with E-state index in [-0.39, 0.29) is 11.3 Å². The van der Waals surface area contributed by atoms with E-state index in [0.29, 0.717) is 16.7 Å². The summed E-state index contributed by atoms with van der Waals surface area (Å²) < 4.78 is 0. The Bertz CT molecular complexity index is 1430. The molecule has 0 bridgehead atoms. The second-order valence-electron chi connectivity index (χ2n) is 9.72. The summed E-state index contributed by atoms with van der Waals surface area (Å²) in [5.41, 5.74) is 2.18. The molecule has 37 heavy (non-hydrogen) atoms. The lowest BCUT2D eigenvalue weighted by Gasteiger charge is -2.52. The number of benzene rings is 2. The summed E-state index contributed by atoms with van der Waals surface area (Å²) in [4.78, 5) is 40.3. The first-order valence-corrected chi connectivity index (χ1v) is 11.5. The zero-order valence-corrected chi connectivity index (χ0v) is 19.9. The van der Waals surface area contributed by atoms with Gasteiger partial charge in [0, 0.05) is 23.5 Å². The van der Waals surface area contributed by atoms with E-state index in [0.717, 1.165) is 0 Å². The maximum Gasteiger partial charge on any atom is 0.255 e. The molecule has 10 heteroatoms. The lowest BCUT2D eigenvalue weighted by Crippen LogP contribution is -2.70. The molecule has 7 N–H and O–H groups in total. The highest BCUT2D eigenvalue weighted by atomic mass is 16.4. The van der Waals surface area contributed by atoms with Crippen molar-refractivity contribution in [1.29, 1.82) is 0 Å². The number of aliphatic hydroxyl groups excluding tert-OH is 3.